The molecule has 0 saturated carbocycles. The number of carbonyl (C=O) groups excluding carboxylic acids is 1. The van der Waals surface area contributed by atoms with Gasteiger partial charge in [0, 0.05) is 6.61 Å². The van der Waals surface area contributed by atoms with E-state index in [0.29, 0.717) is 59.5 Å². The van der Waals surface area contributed by atoms with Crippen molar-refractivity contribution in [2.75, 3.05) is 73.2 Å². The van der Waals surface area contributed by atoms with E-state index in [2.05, 4.69) is 11.7 Å². The maximum absolute atomic E-state index is 10.8. The molecule has 0 heterocycles. The molecule has 0 bridgehead atoms. The van der Waals surface area contributed by atoms with Crippen molar-refractivity contribution in [3.05, 3.63) is 0 Å². The molecule has 0 atom stereocenters. The lowest BCUT2D eigenvalue weighted by atomic mass is 10.1. The van der Waals surface area contributed by atoms with Crippen LogP contribution in [0.25, 0.3) is 0 Å². The number of hydrogen-bond donors (Lipinski definition) is 0. The number of carbonyl (C=O) groups is 1. The van der Waals surface area contributed by atoms with Crippen molar-refractivity contribution in [3.63, 3.8) is 0 Å². The van der Waals surface area contributed by atoms with Crippen LogP contribution in [0.1, 0.15) is 51.9 Å². The van der Waals surface area contributed by atoms with E-state index in [4.69, 9.17) is 23.7 Å². The van der Waals surface area contributed by atoms with Gasteiger partial charge in [-0.3, -0.25) is 4.79 Å². The molecule has 0 aromatic rings. The lowest BCUT2D eigenvalue weighted by molar-refractivity contribution is -0.141. The van der Waals surface area contributed by atoms with E-state index in [0.717, 1.165) is 13.0 Å². The molecular weight excluding hydrogens is 352 g/mol. The first kappa shape index (κ1) is 26.3. The van der Waals surface area contributed by atoms with Crippen LogP contribution in [0.3, 0.4) is 0 Å². The summed E-state index contributed by atoms with van der Waals surface area (Å²) in [6, 6.07) is 0. The largest absolute Gasteiger partial charge is 0.469 e. The minimum Gasteiger partial charge on any atom is -0.469 e. The van der Waals surface area contributed by atoms with Crippen LogP contribution in [-0.4, -0.2) is 79.1 Å². The third-order valence-electron chi connectivity index (χ3n) is 3.81. The smallest absolute Gasteiger partial charge is 0.307 e. The zero-order valence-electron chi connectivity index (χ0n) is 17.4. The van der Waals surface area contributed by atoms with Crippen molar-refractivity contribution in [2.24, 2.45) is 0 Å². The van der Waals surface area contributed by atoms with Crippen LogP contribution in [-0.2, 0) is 33.2 Å². The van der Waals surface area contributed by atoms with Gasteiger partial charge in [0.1, 0.15) is 0 Å². The molecular formula is C20H40O7. The summed E-state index contributed by atoms with van der Waals surface area (Å²) in [7, 11) is 1.36. The fraction of sp³-hybridized carbons (Fsp3) is 0.950. The third kappa shape index (κ3) is 23.2. The van der Waals surface area contributed by atoms with Gasteiger partial charge in [-0.25, -0.2) is 0 Å². The lowest BCUT2D eigenvalue weighted by Gasteiger charge is -2.08. The second-order valence-corrected chi connectivity index (χ2v) is 6.16. The number of hydrogen-bond acceptors (Lipinski definition) is 7. The summed E-state index contributed by atoms with van der Waals surface area (Å²) in [5.74, 6) is -0.268. The molecule has 0 aromatic heterocycles. The number of unbranched alkanes of at least 4 members (excludes halogenated alkanes) is 5. The quantitative estimate of drug-likeness (QED) is 0.207. The Balaban J connectivity index is 3.00. The second kappa shape index (κ2) is 23.3. The number of ether oxygens (including phenoxy) is 6. The minimum atomic E-state index is -0.268. The molecule has 0 spiro atoms. The fourth-order valence-corrected chi connectivity index (χ4v) is 2.22. The number of esters is 1. The average molecular weight is 393 g/mol. The summed E-state index contributed by atoms with van der Waals surface area (Å²) in [5, 5.41) is 0. The summed E-state index contributed by atoms with van der Waals surface area (Å²) in [5.41, 5.74) is 0. The van der Waals surface area contributed by atoms with Crippen LogP contribution in [0.5, 0.6) is 0 Å². The Morgan fingerprint density at radius 3 is 1.44 bits per heavy atom. The van der Waals surface area contributed by atoms with Crippen molar-refractivity contribution in [1.82, 2.24) is 0 Å². The fourth-order valence-electron chi connectivity index (χ4n) is 2.22. The highest BCUT2D eigenvalue weighted by Gasteiger charge is 1.99. The highest BCUT2D eigenvalue weighted by molar-refractivity contribution is 5.69. The maximum Gasteiger partial charge on any atom is 0.307 e. The van der Waals surface area contributed by atoms with Crippen LogP contribution in [0.15, 0.2) is 0 Å². The maximum atomic E-state index is 10.8. The van der Waals surface area contributed by atoms with Crippen molar-refractivity contribution < 1.29 is 33.2 Å². The molecule has 7 heteroatoms. The molecule has 7 nitrogen and oxygen atoms in total. The molecule has 0 aliphatic rings. The molecule has 0 amide bonds. The molecule has 0 aliphatic heterocycles. The van der Waals surface area contributed by atoms with Crippen LogP contribution in [0, 0.1) is 0 Å². The third-order valence-corrected chi connectivity index (χ3v) is 3.81. The molecule has 0 saturated heterocycles. The number of rotatable bonds is 22. The normalized spacial score (nSPS) is 11.0. The zero-order chi connectivity index (χ0) is 19.8. The van der Waals surface area contributed by atoms with E-state index in [1.54, 1.807) is 0 Å². The molecule has 0 aromatic carbocycles. The minimum absolute atomic E-state index is 0.268. The topological polar surface area (TPSA) is 72.5 Å². The van der Waals surface area contributed by atoms with Crippen molar-refractivity contribution >= 4 is 5.97 Å². The summed E-state index contributed by atoms with van der Waals surface area (Å²) in [4.78, 5) is 10.8. The van der Waals surface area contributed by atoms with Crippen LogP contribution >= 0.6 is 0 Å². The van der Waals surface area contributed by atoms with Gasteiger partial charge >= 0.3 is 5.97 Å². The van der Waals surface area contributed by atoms with E-state index in [1.807, 2.05) is 0 Å². The van der Waals surface area contributed by atoms with Gasteiger partial charge in [0.05, 0.1) is 73.0 Å². The first-order valence-corrected chi connectivity index (χ1v) is 10.3. The SMILES string of the molecule is CCCCCCCCOCCOCCOCCOCCOCCC(=O)OC. The summed E-state index contributed by atoms with van der Waals surface area (Å²) < 4.78 is 31.5. The van der Waals surface area contributed by atoms with E-state index in [9.17, 15) is 4.79 Å². The predicted molar refractivity (Wildman–Crippen MR) is 104 cm³/mol. The standard InChI is InChI=1S/C20H40O7/c1-3-4-5-6-7-8-10-23-12-14-25-16-18-27-19-17-26-15-13-24-11-9-20(21)22-2/h3-19H2,1-2H3. The Morgan fingerprint density at radius 1 is 0.556 bits per heavy atom. The zero-order valence-corrected chi connectivity index (χ0v) is 17.4. The van der Waals surface area contributed by atoms with Crippen molar-refractivity contribution in [1.29, 1.82) is 0 Å². The monoisotopic (exact) mass is 392 g/mol. The Morgan fingerprint density at radius 2 is 0.963 bits per heavy atom. The molecule has 0 N–H and O–H groups in total. The van der Waals surface area contributed by atoms with E-state index >= 15 is 0 Å². The van der Waals surface area contributed by atoms with E-state index in [-0.39, 0.29) is 12.4 Å². The van der Waals surface area contributed by atoms with Gasteiger partial charge in [-0.15, -0.1) is 0 Å². The summed E-state index contributed by atoms with van der Waals surface area (Å²) in [6.07, 6.45) is 7.96. The average Bonchev–Trinajstić information content (AvgIpc) is 2.68. The molecule has 0 aliphatic carbocycles. The molecule has 0 fully saturated rings. The van der Waals surface area contributed by atoms with Crippen molar-refractivity contribution in [2.45, 2.75) is 51.9 Å². The highest BCUT2D eigenvalue weighted by atomic mass is 16.6. The lowest BCUT2D eigenvalue weighted by Crippen LogP contribution is -2.14. The Bertz CT molecular complexity index is 300. The van der Waals surface area contributed by atoms with Gasteiger partial charge in [0.2, 0.25) is 0 Å². The predicted octanol–water partition coefficient (Wildman–Crippen LogP) is 2.99. The van der Waals surface area contributed by atoms with Gasteiger partial charge in [-0.1, -0.05) is 39.0 Å². The van der Waals surface area contributed by atoms with E-state index < -0.39 is 0 Å². The van der Waals surface area contributed by atoms with Gasteiger partial charge in [0.25, 0.3) is 0 Å². The molecule has 27 heavy (non-hydrogen) atoms. The van der Waals surface area contributed by atoms with Gasteiger partial charge in [0.15, 0.2) is 0 Å². The van der Waals surface area contributed by atoms with Gasteiger partial charge in [-0.2, -0.15) is 0 Å². The Kier molecular flexibility index (Phi) is 22.7. The van der Waals surface area contributed by atoms with Crippen molar-refractivity contribution in [3.8, 4) is 0 Å². The van der Waals surface area contributed by atoms with E-state index in [1.165, 1.54) is 39.2 Å². The summed E-state index contributed by atoms with van der Waals surface area (Å²) in [6.45, 7) is 7.77. The molecule has 0 radical (unpaired) electrons. The second-order valence-electron chi connectivity index (χ2n) is 6.16. The first-order chi connectivity index (χ1) is 13.3. The van der Waals surface area contributed by atoms with Gasteiger partial charge in [-0.05, 0) is 6.42 Å². The van der Waals surface area contributed by atoms with Gasteiger partial charge < -0.3 is 28.4 Å². The van der Waals surface area contributed by atoms with Crippen LogP contribution in [0.4, 0.5) is 0 Å². The summed E-state index contributed by atoms with van der Waals surface area (Å²) >= 11 is 0. The van der Waals surface area contributed by atoms with Crippen LogP contribution in [0.2, 0.25) is 0 Å². The number of methoxy groups -OCH3 is 1. The Hall–Kier alpha value is -0.730. The van der Waals surface area contributed by atoms with Crippen LogP contribution < -0.4 is 0 Å². The molecule has 0 unspecified atom stereocenters. The highest BCUT2D eigenvalue weighted by Crippen LogP contribution is 2.04. The molecule has 0 rings (SSSR count). The molecule has 162 valence electrons. The first-order valence-electron chi connectivity index (χ1n) is 10.3. The Labute approximate surface area is 165 Å².